The van der Waals surface area contributed by atoms with Crippen molar-refractivity contribution in [3.05, 3.63) is 80.1 Å². The van der Waals surface area contributed by atoms with Crippen LogP contribution in [0.3, 0.4) is 0 Å². The molecule has 4 aromatic rings. The third-order valence-electron chi connectivity index (χ3n) is 5.13. The monoisotopic (exact) mass is 432 g/mol. The van der Waals surface area contributed by atoms with Crippen LogP contribution in [-0.4, -0.2) is 41.9 Å². The second-order valence-corrected chi connectivity index (χ2v) is 6.97. The zero-order chi connectivity index (χ0) is 22.2. The Morgan fingerprint density at radius 1 is 1.16 bits per heavy atom. The van der Waals surface area contributed by atoms with Gasteiger partial charge in [0.1, 0.15) is 17.5 Å². The minimum atomic E-state index is -0.631. The van der Waals surface area contributed by atoms with Gasteiger partial charge in [-0.2, -0.15) is 9.78 Å². The fourth-order valence-corrected chi connectivity index (χ4v) is 3.72. The van der Waals surface area contributed by atoms with E-state index in [1.807, 2.05) is 31.2 Å². The number of benzene rings is 2. The summed E-state index contributed by atoms with van der Waals surface area (Å²) < 4.78 is 7.03. The Hall–Kier alpha value is -4.61. The predicted octanol–water partition coefficient (Wildman–Crippen LogP) is 2.42. The van der Waals surface area contributed by atoms with Gasteiger partial charge in [0.25, 0.3) is 11.2 Å². The summed E-state index contributed by atoms with van der Waals surface area (Å²) in [5.74, 6) is 0.984. The molecule has 1 unspecified atom stereocenters. The molecule has 32 heavy (non-hydrogen) atoms. The quantitative estimate of drug-likeness (QED) is 0.315. The van der Waals surface area contributed by atoms with Crippen LogP contribution in [0.4, 0.5) is 17.3 Å². The number of rotatable bonds is 5. The first-order valence-corrected chi connectivity index (χ1v) is 9.72. The highest BCUT2D eigenvalue weighted by atomic mass is 16.6. The van der Waals surface area contributed by atoms with Crippen LogP contribution in [0.15, 0.2) is 53.3 Å². The van der Waals surface area contributed by atoms with Crippen molar-refractivity contribution in [1.29, 1.82) is 0 Å². The number of fused-ring (bicyclic) bond motifs is 2. The van der Waals surface area contributed by atoms with Crippen molar-refractivity contribution in [2.45, 2.75) is 13.0 Å². The summed E-state index contributed by atoms with van der Waals surface area (Å²) in [6.45, 7) is 2.44. The number of anilines is 2. The second-order valence-electron chi connectivity index (χ2n) is 6.97. The average molecular weight is 432 g/mol. The smallest absolute Gasteiger partial charge is 0.288 e. The van der Waals surface area contributed by atoms with E-state index < -0.39 is 16.5 Å². The first-order chi connectivity index (χ1) is 15.6. The van der Waals surface area contributed by atoms with E-state index in [9.17, 15) is 14.9 Å². The number of hydrogen-bond acceptors (Lipinski definition) is 9. The number of aromatic nitrogens is 6. The van der Waals surface area contributed by atoms with E-state index >= 15 is 0 Å². The van der Waals surface area contributed by atoms with Gasteiger partial charge in [-0.3, -0.25) is 14.9 Å². The number of non-ortho nitro benzene ring substituents is 1. The van der Waals surface area contributed by atoms with Gasteiger partial charge in [0.15, 0.2) is 0 Å². The van der Waals surface area contributed by atoms with Crippen LogP contribution in [0, 0.1) is 10.1 Å². The fourth-order valence-electron chi connectivity index (χ4n) is 3.72. The first kappa shape index (κ1) is 19.4. The van der Waals surface area contributed by atoms with E-state index in [0.717, 1.165) is 5.56 Å². The lowest BCUT2D eigenvalue weighted by atomic mass is 9.92. The number of hydrogen-bond donors (Lipinski definition) is 2. The van der Waals surface area contributed by atoms with E-state index in [-0.39, 0.29) is 17.3 Å². The molecule has 0 saturated heterocycles. The molecule has 0 aliphatic carbocycles. The van der Waals surface area contributed by atoms with Gasteiger partial charge in [-0.15, -0.1) is 0 Å². The average Bonchev–Trinajstić information content (AvgIpc) is 3.28. The van der Waals surface area contributed by atoms with Gasteiger partial charge in [-0.1, -0.05) is 5.10 Å². The fraction of sp³-hybridized carbons (Fsp3) is 0.150. The Morgan fingerprint density at radius 2 is 1.91 bits per heavy atom. The Balaban J connectivity index is 1.71. The summed E-state index contributed by atoms with van der Waals surface area (Å²) in [6.07, 6.45) is 0. The van der Waals surface area contributed by atoms with Gasteiger partial charge < -0.3 is 10.1 Å². The van der Waals surface area contributed by atoms with Crippen molar-refractivity contribution in [3.8, 4) is 17.0 Å². The van der Waals surface area contributed by atoms with Crippen molar-refractivity contribution >= 4 is 17.3 Å². The lowest BCUT2D eigenvalue weighted by Crippen LogP contribution is -2.29. The topological polar surface area (TPSA) is 154 Å². The molecule has 0 spiro atoms. The van der Waals surface area contributed by atoms with E-state index in [1.165, 1.54) is 16.8 Å². The number of nitrogens with one attached hydrogen (secondary N) is 2. The molecule has 2 aromatic heterocycles. The number of H-pyrrole nitrogens is 1. The summed E-state index contributed by atoms with van der Waals surface area (Å²) in [6, 6.07) is 12.7. The van der Waals surface area contributed by atoms with Crippen LogP contribution >= 0.6 is 0 Å². The standard InChI is InChI=1S/C20H16N8O4/c1-2-32-14-9-5-11(6-10-14)16-15-17(19(29)23-22-16)21-20-24-25-26-27(20)18(15)12-3-7-13(8-4-12)28(30)31/h3-10,18H,2H2,1H3,(H,23,29)(H,21,24,26). The minimum absolute atomic E-state index is 0.0457. The molecular formula is C20H16N8O4. The van der Waals surface area contributed by atoms with Crippen molar-refractivity contribution in [2.75, 3.05) is 11.9 Å². The van der Waals surface area contributed by atoms with E-state index in [4.69, 9.17) is 4.74 Å². The molecule has 0 radical (unpaired) electrons. The van der Waals surface area contributed by atoms with Crippen molar-refractivity contribution in [2.24, 2.45) is 0 Å². The van der Waals surface area contributed by atoms with Gasteiger partial charge in [0.2, 0.25) is 5.95 Å². The highest BCUT2D eigenvalue weighted by molar-refractivity contribution is 5.75. The largest absolute Gasteiger partial charge is 0.494 e. The maximum absolute atomic E-state index is 12.7. The molecule has 1 aliphatic rings. The molecule has 2 aromatic carbocycles. The third-order valence-corrected chi connectivity index (χ3v) is 5.13. The molecule has 5 rings (SSSR count). The molecule has 12 heteroatoms. The second kappa shape index (κ2) is 7.58. The Kier molecular flexibility index (Phi) is 4.58. The normalized spacial score (nSPS) is 14.2. The van der Waals surface area contributed by atoms with Crippen LogP contribution < -0.4 is 15.6 Å². The maximum Gasteiger partial charge on any atom is 0.288 e. The molecule has 0 saturated carbocycles. The van der Waals surface area contributed by atoms with Gasteiger partial charge in [-0.05, 0) is 59.3 Å². The molecule has 3 heterocycles. The minimum Gasteiger partial charge on any atom is -0.494 e. The van der Waals surface area contributed by atoms with Gasteiger partial charge in [-0.25, -0.2) is 5.10 Å². The van der Waals surface area contributed by atoms with Crippen LogP contribution in [0.2, 0.25) is 0 Å². The van der Waals surface area contributed by atoms with Crippen LogP contribution in [0.5, 0.6) is 5.75 Å². The molecule has 1 atom stereocenters. The summed E-state index contributed by atoms with van der Waals surface area (Å²) in [7, 11) is 0. The van der Waals surface area contributed by atoms with Crippen molar-refractivity contribution < 1.29 is 9.66 Å². The zero-order valence-corrected chi connectivity index (χ0v) is 16.7. The molecule has 2 N–H and O–H groups in total. The number of nitro groups is 1. The van der Waals surface area contributed by atoms with E-state index in [0.29, 0.717) is 29.2 Å². The highest BCUT2D eigenvalue weighted by Gasteiger charge is 2.34. The van der Waals surface area contributed by atoms with E-state index in [2.05, 4.69) is 31.0 Å². The molecule has 12 nitrogen and oxygen atoms in total. The van der Waals surface area contributed by atoms with Gasteiger partial charge in [0.05, 0.1) is 17.2 Å². The number of nitrogens with zero attached hydrogens (tertiary/aromatic N) is 6. The lowest BCUT2D eigenvalue weighted by Gasteiger charge is -2.27. The summed E-state index contributed by atoms with van der Waals surface area (Å²) >= 11 is 0. The van der Waals surface area contributed by atoms with Gasteiger partial charge >= 0.3 is 0 Å². The van der Waals surface area contributed by atoms with Crippen molar-refractivity contribution in [1.82, 2.24) is 30.4 Å². The van der Waals surface area contributed by atoms with E-state index in [1.54, 1.807) is 12.1 Å². The number of ether oxygens (including phenoxy) is 1. The van der Waals surface area contributed by atoms with Crippen LogP contribution in [0.1, 0.15) is 24.1 Å². The lowest BCUT2D eigenvalue weighted by molar-refractivity contribution is -0.384. The van der Waals surface area contributed by atoms with Crippen LogP contribution in [-0.2, 0) is 0 Å². The van der Waals surface area contributed by atoms with Crippen LogP contribution in [0.25, 0.3) is 11.3 Å². The molecule has 0 amide bonds. The SMILES string of the molecule is CCOc1ccc(-c2n[nH]c(=O)c3c2C(c2ccc([N+](=O)[O-])cc2)n2nnnc2N3)cc1. The molecule has 1 aliphatic heterocycles. The van der Waals surface area contributed by atoms with Crippen molar-refractivity contribution in [3.63, 3.8) is 0 Å². The summed E-state index contributed by atoms with van der Waals surface area (Å²) in [4.78, 5) is 23.3. The number of nitro benzene ring substituents is 1. The predicted molar refractivity (Wildman–Crippen MR) is 113 cm³/mol. The number of tetrazole rings is 1. The third kappa shape index (κ3) is 3.14. The molecule has 160 valence electrons. The zero-order valence-electron chi connectivity index (χ0n) is 16.7. The van der Waals surface area contributed by atoms with Gasteiger partial charge in [0, 0.05) is 23.3 Å². The number of aromatic amines is 1. The Morgan fingerprint density at radius 3 is 2.59 bits per heavy atom. The Labute approximate surface area is 180 Å². The summed E-state index contributed by atoms with van der Waals surface area (Å²) in [5.41, 5.74) is 2.24. The molecular weight excluding hydrogens is 416 g/mol. The summed E-state index contributed by atoms with van der Waals surface area (Å²) in [5, 5.41) is 32.6. The highest BCUT2D eigenvalue weighted by Crippen LogP contribution is 2.41. The molecule has 0 bridgehead atoms. The first-order valence-electron chi connectivity index (χ1n) is 9.72. The maximum atomic E-state index is 12.7. The Bertz CT molecular complexity index is 1360. The molecule has 0 fully saturated rings.